The second kappa shape index (κ2) is 15.7. The molecule has 0 aliphatic carbocycles. The van der Waals surface area contributed by atoms with Crippen LogP contribution < -0.4 is 9.62 Å². The van der Waals surface area contributed by atoms with Crippen molar-refractivity contribution in [2.45, 2.75) is 44.7 Å². The van der Waals surface area contributed by atoms with Gasteiger partial charge in [0.1, 0.15) is 12.6 Å². The summed E-state index contributed by atoms with van der Waals surface area (Å²) in [6.45, 7) is 5.92. The van der Waals surface area contributed by atoms with E-state index in [0.29, 0.717) is 16.7 Å². The fraction of sp³-hybridized carbons (Fsp3) is 0.257. The molecule has 7 nitrogen and oxygen atoms in total. The van der Waals surface area contributed by atoms with Crippen LogP contribution >= 0.6 is 31.9 Å². The minimum absolute atomic E-state index is 0.0656. The Labute approximate surface area is 283 Å². The summed E-state index contributed by atoms with van der Waals surface area (Å²) in [6.07, 6.45) is 0.259. The molecule has 0 aliphatic rings. The lowest BCUT2D eigenvalue weighted by molar-refractivity contribution is -0.140. The molecule has 2 amide bonds. The predicted molar refractivity (Wildman–Crippen MR) is 186 cm³/mol. The van der Waals surface area contributed by atoms with Gasteiger partial charge in [-0.2, -0.15) is 0 Å². The van der Waals surface area contributed by atoms with Gasteiger partial charge < -0.3 is 10.2 Å². The van der Waals surface area contributed by atoms with Gasteiger partial charge in [0.15, 0.2) is 0 Å². The Bertz CT molecular complexity index is 1700. The van der Waals surface area contributed by atoms with Crippen LogP contribution in [0.15, 0.2) is 117 Å². The van der Waals surface area contributed by atoms with Gasteiger partial charge in [0.25, 0.3) is 10.0 Å². The Hall–Kier alpha value is -3.47. The maximum absolute atomic E-state index is 14.5. The summed E-state index contributed by atoms with van der Waals surface area (Å²) in [4.78, 5) is 29.9. The second-order valence-electron chi connectivity index (χ2n) is 11.3. The SMILES string of the molecule is Cc1ccc(S(=O)(=O)N(CC(=O)N(Cc2ccc(Br)cc2)[C@H](Cc2ccccc2)C(=O)NCC(C)C)c2cccc(Br)c2)cc1. The zero-order chi connectivity index (χ0) is 32.6. The molecule has 0 saturated heterocycles. The van der Waals surface area contributed by atoms with Crippen LogP contribution in [0.25, 0.3) is 0 Å². The molecule has 10 heteroatoms. The van der Waals surface area contributed by atoms with Crippen LogP contribution in [0.5, 0.6) is 0 Å². The molecule has 1 N–H and O–H groups in total. The summed E-state index contributed by atoms with van der Waals surface area (Å²) in [7, 11) is -4.16. The second-order valence-corrected chi connectivity index (χ2v) is 15.0. The van der Waals surface area contributed by atoms with E-state index in [1.54, 1.807) is 36.4 Å². The molecule has 236 valence electrons. The Morgan fingerprint density at radius 2 is 1.47 bits per heavy atom. The van der Waals surface area contributed by atoms with Crippen molar-refractivity contribution in [2.75, 3.05) is 17.4 Å². The molecule has 0 heterocycles. The Kier molecular flexibility index (Phi) is 12.0. The maximum Gasteiger partial charge on any atom is 0.264 e. The number of benzene rings is 4. The van der Waals surface area contributed by atoms with Crippen LogP contribution in [0.4, 0.5) is 5.69 Å². The van der Waals surface area contributed by atoms with E-state index >= 15 is 0 Å². The van der Waals surface area contributed by atoms with Gasteiger partial charge in [0.05, 0.1) is 10.6 Å². The largest absolute Gasteiger partial charge is 0.354 e. The highest BCUT2D eigenvalue weighted by Crippen LogP contribution is 2.27. The highest BCUT2D eigenvalue weighted by molar-refractivity contribution is 9.10. The lowest BCUT2D eigenvalue weighted by Gasteiger charge is -2.34. The van der Waals surface area contributed by atoms with Crippen molar-refractivity contribution < 1.29 is 18.0 Å². The molecule has 0 bridgehead atoms. The molecule has 0 fully saturated rings. The third-order valence-corrected chi connectivity index (χ3v) is 10.0. The number of anilines is 1. The van der Waals surface area contributed by atoms with Gasteiger partial charge >= 0.3 is 0 Å². The van der Waals surface area contributed by atoms with E-state index in [2.05, 4.69) is 37.2 Å². The Morgan fingerprint density at radius 1 is 0.800 bits per heavy atom. The fourth-order valence-electron chi connectivity index (χ4n) is 4.76. The van der Waals surface area contributed by atoms with Crippen molar-refractivity contribution in [3.8, 4) is 0 Å². The molecule has 4 aromatic carbocycles. The van der Waals surface area contributed by atoms with Gasteiger partial charge in [-0.05, 0) is 66.4 Å². The van der Waals surface area contributed by atoms with Crippen LogP contribution in [0.1, 0.15) is 30.5 Å². The molecule has 1 atom stereocenters. The van der Waals surface area contributed by atoms with Gasteiger partial charge in [0, 0.05) is 28.5 Å². The maximum atomic E-state index is 14.5. The van der Waals surface area contributed by atoms with Crippen molar-refractivity contribution in [1.29, 1.82) is 0 Å². The van der Waals surface area contributed by atoms with E-state index in [-0.39, 0.29) is 29.7 Å². The Morgan fingerprint density at radius 3 is 2.09 bits per heavy atom. The minimum Gasteiger partial charge on any atom is -0.354 e. The van der Waals surface area contributed by atoms with Crippen molar-refractivity contribution in [3.63, 3.8) is 0 Å². The van der Waals surface area contributed by atoms with Gasteiger partial charge in [-0.1, -0.05) is 112 Å². The number of amides is 2. The van der Waals surface area contributed by atoms with E-state index in [4.69, 9.17) is 0 Å². The molecular formula is C35H37Br2N3O4S. The minimum atomic E-state index is -4.16. The summed E-state index contributed by atoms with van der Waals surface area (Å²) in [5, 5.41) is 3.01. The van der Waals surface area contributed by atoms with Gasteiger partial charge in [-0.15, -0.1) is 0 Å². The molecule has 0 radical (unpaired) electrons. The van der Waals surface area contributed by atoms with Gasteiger partial charge in [-0.3, -0.25) is 13.9 Å². The third kappa shape index (κ3) is 9.51. The topological polar surface area (TPSA) is 86.8 Å². The highest BCUT2D eigenvalue weighted by Gasteiger charge is 2.34. The average Bonchev–Trinajstić information content (AvgIpc) is 3.01. The first-order valence-electron chi connectivity index (χ1n) is 14.6. The van der Waals surface area contributed by atoms with Gasteiger partial charge in [-0.25, -0.2) is 8.42 Å². The smallest absolute Gasteiger partial charge is 0.264 e. The number of rotatable bonds is 13. The highest BCUT2D eigenvalue weighted by atomic mass is 79.9. The molecule has 4 rings (SSSR count). The van der Waals surface area contributed by atoms with Crippen molar-refractivity contribution in [3.05, 3.63) is 129 Å². The first-order chi connectivity index (χ1) is 21.4. The summed E-state index contributed by atoms with van der Waals surface area (Å²) in [5.74, 6) is -0.601. The summed E-state index contributed by atoms with van der Waals surface area (Å²) in [6, 6.07) is 29.5. The van der Waals surface area contributed by atoms with Crippen LogP contribution in [-0.4, -0.2) is 44.3 Å². The van der Waals surface area contributed by atoms with Crippen LogP contribution in [0.2, 0.25) is 0 Å². The molecule has 0 aliphatic heterocycles. The lowest BCUT2D eigenvalue weighted by Crippen LogP contribution is -2.53. The van der Waals surface area contributed by atoms with E-state index in [1.807, 2.05) is 75.4 Å². The van der Waals surface area contributed by atoms with E-state index in [1.165, 1.54) is 17.0 Å². The van der Waals surface area contributed by atoms with Crippen molar-refractivity contribution in [1.82, 2.24) is 10.2 Å². The zero-order valence-corrected chi connectivity index (χ0v) is 29.5. The zero-order valence-electron chi connectivity index (χ0n) is 25.5. The first kappa shape index (κ1) is 34.4. The van der Waals surface area contributed by atoms with E-state index < -0.39 is 28.5 Å². The molecular weight excluding hydrogens is 718 g/mol. The molecule has 0 aromatic heterocycles. The van der Waals surface area contributed by atoms with E-state index in [0.717, 1.165) is 25.5 Å². The van der Waals surface area contributed by atoms with Crippen LogP contribution in [0, 0.1) is 12.8 Å². The van der Waals surface area contributed by atoms with Crippen LogP contribution in [0.3, 0.4) is 0 Å². The number of carbonyl (C=O) groups excluding carboxylic acids is 2. The molecule has 4 aromatic rings. The summed E-state index contributed by atoms with van der Waals surface area (Å²) < 4.78 is 30.9. The third-order valence-electron chi connectivity index (χ3n) is 7.21. The molecule has 0 spiro atoms. The molecule has 0 saturated carbocycles. The normalized spacial score (nSPS) is 12.0. The van der Waals surface area contributed by atoms with Crippen LogP contribution in [-0.2, 0) is 32.6 Å². The molecule has 0 unspecified atom stereocenters. The van der Waals surface area contributed by atoms with Crippen molar-refractivity contribution >= 4 is 59.4 Å². The number of carbonyl (C=O) groups is 2. The number of aryl methyl sites for hydroxylation is 1. The quantitative estimate of drug-likeness (QED) is 0.158. The number of hydrogen-bond acceptors (Lipinski definition) is 4. The fourth-order valence-corrected chi connectivity index (χ4v) is 6.82. The predicted octanol–water partition coefficient (Wildman–Crippen LogP) is 7.13. The standard InChI is InChI=1S/C35H37Br2N3O4S/c1-25(2)22-38-35(42)33(20-27-8-5-4-6-9-27)39(23-28-14-16-29(36)17-15-28)34(41)24-40(31-11-7-10-30(37)21-31)45(43,44)32-18-12-26(3)13-19-32/h4-19,21,25,33H,20,22-24H2,1-3H3,(H,38,42)/t33-/m1/s1. The van der Waals surface area contributed by atoms with Crippen molar-refractivity contribution in [2.24, 2.45) is 5.92 Å². The summed E-state index contributed by atoms with van der Waals surface area (Å²) >= 11 is 6.90. The number of hydrogen-bond donors (Lipinski definition) is 1. The Balaban J connectivity index is 1.79. The van der Waals surface area contributed by atoms with E-state index in [9.17, 15) is 18.0 Å². The number of sulfonamides is 1. The monoisotopic (exact) mass is 753 g/mol. The lowest BCUT2D eigenvalue weighted by atomic mass is 10.0. The average molecular weight is 756 g/mol. The molecule has 45 heavy (non-hydrogen) atoms. The number of halogens is 2. The summed E-state index contributed by atoms with van der Waals surface area (Å²) in [5.41, 5.74) is 2.92. The van der Waals surface area contributed by atoms with Gasteiger partial charge in [0.2, 0.25) is 11.8 Å². The first-order valence-corrected chi connectivity index (χ1v) is 17.7. The number of nitrogens with zero attached hydrogens (tertiary/aromatic N) is 2. The number of nitrogens with one attached hydrogen (secondary N) is 1.